The van der Waals surface area contributed by atoms with Crippen LogP contribution >= 0.6 is 0 Å². The highest BCUT2D eigenvalue weighted by Crippen LogP contribution is 2.16. The van der Waals surface area contributed by atoms with Crippen LogP contribution in [-0.2, 0) is 13.1 Å². The van der Waals surface area contributed by atoms with Crippen LogP contribution in [0.1, 0.15) is 45.7 Å². The fourth-order valence-electron chi connectivity index (χ4n) is 2.93. The molecule has 2 atom stereocenters. The predicted molar refractivity (Wildman–Crippen MR) is 79.1 cm³/mol. The molecule has 0 saturated carbocycles. The number of aromatic nitrogens is 2. The normalized spacial score (nSPS) is 24.8. The summed E-state index contributed by atoms with van der Waals surface area (Å²) in [4.78, 5) is 6.95. The van der Waals surface area contributed by atoms with Gasteiger partial charge in [-0.25, -0.2) is 4.98 Å². The number of imidazole rings is 1. The predicted octanol–water partition coefficient (Wildman–Crippen LogP) is 2.26. The highest BCUT2D eigenvalue weighted by molar-refractivity contribution is 5.00. The fraction of sp³-hybridized carbons (Fsp3) is 0.800. The third-order valence-electron chi connectivity index (χ3n) is 4.21. The van der Waals surface area contributed by atoms with E-state index in [4.69, 9.17) is 0 Å². The first kappa shape index (κ1) is 14.5. The molecule has 4 nitrogen and oxygen atoms in total. The number of rotatable bonds is 6. The van der Waals surface area contributed by atoms with E-state index in [0.717, 1.165) is 26.2 Å². The standard InChI is InChI=1S/C15H28N4/c1-4-7-18-12-16-8-15(18)11-19-10-13(5-2)17-9-14(19)6-3/h8,12-14,17H,4-7,9-11H2,1-3H3. The average molecular weight is 264 g/mol. The van der Waals surface area contributed by atoms with Crippen molar-refractivity contribution in [3.63, 3.8) is 0 Å². The minimum Gasteiger partial charge on any atom is -0.333 e. The van der Waals surface area contributed by atoms with Gasteiger partial charge in [0.1, 0.15) is 0 Å². The lowest BCUT2D eigenvalue weighted by molar-refractivity contribution is 0.114. The van der Waals surface area contributed by atoms with Crippen molar-refractivity contribution in [3.8, 4) is 0 Å². The third kappa shape index (κ3) is 3.57. The van der Waals surface area contributed by atoms with Gasteiger partial charge in [-0.3, -0.25) is 4.90 Å². The maximum absolute atomic E-state index is 4.32. The molecule has 0 bridgehead atoms. The fourth-order valence-corrected chi connectivity index (χ4v) is 2.93. The summed E-state index contributed by atoms with van der Waals surface area (Å²) in [5, 5.41) is 3.66. The molecule has 1 saturated heterocycles. The van der Waals surface area contributed by atoms with Crippen molar-refractivity contribution in [2.24, 2.45) is 0 Å². The molecule has 1 aliphatic heterocycles. The zero-order chi connectivity index (χ0) is 13.7. The Morgan fingerprint density at radius 1 is 1.32 bits per heavy atom. The van der Waals surface area contributed by atoms with Gasteiger partial charge in [-0.15, -0.1) is 0 Å². The van der Waals surface area contributed by atoms with E-state index in [-0.39, 0.29) is 0 Å². The van der Waals surface area contributed by atoms with Crippen LogP contribution in [-0.4, -0.2) is 39.6 Å². The first-order valence-corrected chi connectivity index (χ1v) is 7.74. The average Bonchev–Trinajstić information content (AvgIpc) is 2.86. The van der Waals surface area contributed by atoms with Gasteiger partial charge < -0.3 is 9.88 Å². The summed E-state index contributed by atoms with van der Waals surface area (Å²) in [7, 11) is 0. The number of piperazine rings is 1. The van der Waals surface area contributed by atoms with Crippen molar-refractivity contribution in [3.05, 3.63) is 18.2 Å². The van der Waals surface area contributed by atoms with Crippen LogP contribution in [0.3, 0.4) is 0 Å². The lowest BCUT2D eigenvalue weighted by atomic mass is 10.0. The molecule has 0 aromatic carbocycles. The van der Waals surface area contributed by atoms with Gasteiger partial charge in [0.25, 0.3) is 0 Å². The SMILES string of the molecule is CCCn1cncc1CN1CC(CC)NCC1CC. The van der Waals surface area contributed by atoms with Gasteiger partial charge in [0.2, 0.25) is 0 Å². The second-order valence-electron chi connectivity index (χ2n) is 5.58. The van der Waals surface area contributed by atoms with Gasteiger partial charge >= 0.3 is 0 Å². The van der Waals surface area contributed by atoms with E-state index in [2.05, 4.69) is 40.5 Å². The quantitative estimate of drug-likeness (QED) is 0.855. The van der Waals surface area contributed by atoms with E-state index in [0.29, 0.717) is 12.1 Å². The molecule has 4 heteroatoms. The molecule has 1 N–H and O–H groups in total. The lowest BCUT2D eigenvalue weighted by Gasteiger charge is -2.40. The molecule has 0 spiro atoms. The second kappa shape index (κ2) is 7.06. The molecule has 2 unspecified atom stereocenters. The van der Waals surface area contributed by atoms with Crippen LogP contribution < -0.4 is 5.32 Å². The zero-order valence-corrected chi connectivity index (χ0v) is 12.6. The Morgan fingerprint density at radius 3 is 2.84 bits per heavy atom. The molecule has 1 fully saturated rings. The topological polar surface area (TPSA) is 33.1 Å². The van der Waals surface area contributed by atoms with Crippen LogP contribution in [0.25, 0.3) is 0 Å². The van der Waals surface area contributed by atoms with Crippen LogP contribution in [0.4, 0.5) is 0 Å². The van der Waals surface area contributed by atoms with Gasteiger partial charge in [0, 0.05) is 44.5 Å². The molecule has 0 radical (unpaired) electrons. The first-order valence-electron chi connectivity index (χ1n) is 7.74. The number of hydrogen-bond acceptors (Lipinski definition) is 3. The Hall–Kier alpha value is -0.870. The van der Waals surface area contributed by atoms with Gasteiger partial charge in [-0.1, -0.05) is 20.8 Å². The largest absolute Gasteiger partial charge is 0.333 e. The van der Waals surface area contributed by atoms with Gasteiger partial charge in [0.05, 0.1) is 12.0 Å². The summed E-state index contributed by atoms with van der Waals surface area (Å²) in [6.07, 6.45) is 7.59. The van der Waals surface area contributed by atoms with E-state index in [1.807, 2.05) is 12.5 Å². The third-order valence-corrected chi connectivity index (χ3v) is 4.21. The molecule has 2 heterocycles. The van der Waals surface area contributed by atoms with Gasteiger partial charge in [-0.2, -0.15) is 0 Å². The van der Waals surface area contributed by atoms with E-state index in [1.54, 1.807) is 0 Å². The molecule has 2 rings (SSSR count). The summed E-state index contributed by atoms with van der Waals surface area (Å²) in [5.74, 6) is 0. The molecule has 19 heavy (non-hydrogen) atoms. The van der Waals surface area contributed by atoms with E-state index >= 15 is 0 Å². The smallest absolute Gasteiger partial charge is 0.0948 e. The molecule has 1 aromatic rings. The minimum absolute atomic E-state index is 0.644. The molecule has 0 aliphatic carbocycles. The van der Waals surface area contributed by atoms with E-state index in [1.165, 1.54) is 25.0 Å². The highest BCUT2D eigenvalue weighted by Gasteiger charge is 2.26. The highest BCUT2D eigenvalue weighted by atomic mass is 15.2. The summed E-state index contributed by atoms with van der Waals surface area (Å²) < 4.78 is 2.30. The van der Waals surface area contributed by atoms with Crippen molar-refractivity contribution in [1.82, 2.24) is 19.8 Å². The molecular weight excluding hydrogens is 236 g/mol. The minimum atomic E-state index is 0.644. The molecule has 0 amide bonds. The van der Waals surface area contributed by atoms with Crippen molar-refractivity contribution in [2.45, 2.75) is 65.2 Å². The Labute approximate surface area is 117 Å². The molecule has 1 aromatic heterocycles. The Balaban J connectivity index is 2.03. The second-order valence-corrected chi connectivity index (χ2v) is 5.58. The van der Waals surface area contributed by atoms with Gasteiger partial charge in [0.15, 0.2) is 0 Å². The lowest BCUT2D eigenvalue weighted by Crippen LogP contribution is -2.55. The Morgan fingerprint density at radius 2 is 2.16 bits per heavy atom. The van der Waals surface area contributed by atoms with Crippen LogP contribution in [0.5, 0.6) is 0 Å². The molecule has 1 aliphatic rings. The molecular formula is C15H28N4. The maximum atomic E-state index is 4.32. The number of aryl methyl sites for hydroxylation is 1. The van der Waals surface area contributed by atoms with Crippen molar-refractivity contribution in [1.29, 1.82) is 0 Å². The summed E-state index contributed by atoms with van der Waals surface area (Å²) in [6.45, 7) is 11.2. The van der Waals surface area contributed by atoms with Crippen molar-refractivity contribution < 1.29 is 0 Å². The Kier molecular flexibility index (Phi) is 5.40. The summed E-state index contributed by atoms with van der Waals surface area (Å²) >= 11 is 0. The van der Waals surface area contributed by atoms with E-state index < -0.39 is 0 Å². The van der Waals surface area contributed by atoms with Crippen molar-refractivity contribution >= 4 is 0 Å². The van der Waals surface area contributed by atoms with Gasteiger partial charge in [-0.05, 0) is 19.3 Å². The number of hydrogen-bond donors (Lipinski definition) is 1. The van der Waals surface area contributed by atoms with E-state index in [9.17, 15) is 0 Å². The monoisotopic (exact) mass is 264 g/mol. The van der Waals surface area contributed by atoms with Crippen LogP contribution in [0.2, 0.25) is 0 Å². The first-order chi connectivity index (χ1) is 9.28. The number of nitrogens with one attached hydrogen (secondary N) is 1. The summed E-state index contributed by atoms with van der Waals surface area (Å²) in [5.41, 5.74) is 1.36. The number of nitrogens with zero attached hydrogens (tertiary/aromatic N) is 3. The maximum Gasteiger partial charge on any atom is 0.0948 e. The molecule has 108 valence electrons. The van der Waals surface area contributed by atoms with Crippen LogP contribution in [0.15, 0.2) is 12.5 Å². The van der Waals surface area contributed by atoms with Crippen molar-refractivity contribution in [2.75, 3.05) is 13.1 Å². The summed E-state index contributed by atoms with van der Waals surface area (Å²) in [6, 6.07) is 1.30. The van der Waals surface area contributed by atoms with Crippen LogP contribution in [0, 0.1) is 0 Å². The Bertz CT molecular complexity index is 374. The zero-order valence-electron chi connectivity index (χ0n) is 12.6.